The van der Waals surface area contributed by atoms with E-state index in [-0.39, 0.29) is 5.69 Å². The first-order valence-corrected chi connectivity index (χ1v) is 8.65. The van der Waals surface area contributed by atoms with Crippen LogP contribution in [0.3, 0.4) is 0 Å². The average Bonchev–Trinajstić information content (AvgIpc) is 2.91. The highest BCUT2D eigenvalue weighted by atomic mass is 16.5. The van der Waals surface area contributed by atoms with Crippen LogP contribution < -0.4 is 4.74 Å². The zero-order valence-electron chi connectivity index (χ0n) is 15.8. The molecule has 1 aromatic carbocycles. The lowest BCUT2D eigenvalue weighted by Gasteiger charge is -2.12. The molecule has 0 aliphatic carbocycles. The lowest BCUT2D eigenvalue weighted by Crippen LogP contribution is -2.08. The molecule has 6 heteroatoms. The molecule has 0 saturated carbocycles. The minimum Gasteiger partial charge on any atom is -0.497 e. The molecule has 26 heavy (non-hydrogen) atoms. The normalized spacial score (nSPS) is 11.1. The summed E-state index contributed by atoms with van der Waals surface area (Å²) in [5.74, 6) is -0.235. The average molecular weight is 353 g/mol. The van der Waals surface area contributed by atoms with E-state index in [0.717, 1.165) is 52.2 Å². The molecule has 136 valence electrons. The number of hydrogen-bond donors (Lipinski definition) is 1. The Labute approximate surface area is 152 Å². The molecule has 0 aliphatic heterocycles. The summed E-state index contributed by atoms with van der Waals surface area (Å²) in [6, 6.07) is 5.56. The van der Waals surface area contributed by atoms with Crippen LogP contribution in [0, 0.1) is 20.8 Å². The van der Waals surface area contributed by atoms with E-state index in [1.54, 1.807) is 17.7 Å². The minimum absolute atomic E-state index is 0.0471. The monoisotopic (exact) mass is 353 g/mol. The Morgan fingerprint density at radius 1 is 1.15 bits per heavy atom. The number of hydrogen-bond acceptors (Lipinski definition) is 4. The maximum atomic E-state index is 11.6. The number of rotatable bonds is 5. The van der Waals surface area contributed by atoms with E-state index in [4.69, 9.17) is 4.74 Å². The molecular weight excluding hydrogens is 330 g/mol. The Balaban J connectivity index is 2.37. The van der Waals surface area contributed by atoms with Crippen LogP contribution in [-0.2, 0) is 6.42 Å². The van der Waals surface area contributed by atoms with Gasteiger partial charge in [0.25, 0.3) is 0 Å². The third-order valence-corrected chi connectivity index (χ3v) is 4.55. The molecule has 6 nitrogen and oxygen atoms in total. The molecule has 0 saturated heterocycles. The van der Waals surface area contributed by atoms with Gasteiger partial charge in [-0.15, -0.1) is 0 Å². The topological polar surface area (TPSA) is 76.7 Å². The van der Waals surface area contributed by atoms with Gasteiger partial charge in [0.15, 0.2) is 11.3 Å². The number of aryl methyl sites for hydroxylation is 4. The molecule has 3 rings (SSSR count). The summed E-state index contributed by atoms with van der Waals surface area (Å²) in [4.78, 5) is 16.0. The molecule has 0 amide bonds. The Morgan fingerprint density at radius 3 is 2.35 bits per heavy atom. The smallest absolute Gasteiger partial charge is 0.354 e. The van der Waals surface area contributed by atoms with Crippen LogP contribution in [0.2, 0.25) is 0 Å². The van der Waals surface area contributed by atoms with Gasteiger partial charge in [-0.25, -0.2) is 14.3 Å². The Kier molecular flexibility index (Phi) is 4.68. The standard InChI is InChI=1S/C20H23N3O3/c1-6-7-14-10-16(20(24)25)21-19-18(13(4)22-23(14)19)17-11(2)8-15(26-5)9-12(17)3/h8-10H,6-7H2,1-5H3,(H,24,25). The minimum atomic E-state index is -1.03. The molecular formula is C20H23N3O3. The van der Waals surface area contributed by atoms with Crippen molar-refractivity contribution in [2.24, 2.45) is 0 Å². The Bertz CT molecular complexity index is 982. The number of carbonyl (C=O) groups is 1. The summed E-state index contributed by atoms with van der Waals surface area (Å²) < 4.78 is 7.13. The molecule has 0 unspecified atom stereocenters. The maximum absolute atomic E-state index is 11.6. The second-order valence-corrected chi connectivity index (χ2v) is 6.52. The molecule has 2 heterocycles. The van der Waals surface area contributed by atoms with Crippen molar-refractivity contribution in [3.8, 4) is 16.9 Å². The van der Waals surface area contributed by atoms with E-state index in [9.17, 15) is 9.90 Å². The summed E-state index contributed by atoms with van der Waals surface area (Å²) >= 11 is 0. The van der Waals surface area contributed by atoms with Gasteiger partial charge in [-0.3, -0.25) is 0 Å². The van der Waals surface area contributed by atoms with Gasteiger partial charge in [0.2, 0.25) is 0 Å². The van der Waals surface area contributed by atoms with E-state index < -0.39 is 5.97 Å². The van der Waals surface area contributed by atoms with Gasteiger partial charge in [-0.1, -0.05) is 13.3 Å². The molecule has 0 aliphatic rings. The predicted octanol–water partition coefficient (Wildman–Crippen LogP) is 3.98. The van der Waals surface area contributed by atoms with Crippen molar-refractivity contribution in [1.29, 1.82) is 0 Å². The van der Waals surface area contributed by atoms with Crippen molar-refractivity contribution in [2.75, 3.05) is 7.11 Å². The number of carboxylic acids is 1. The summed E-state index contributed by atoms with van der Waals surface area (Å²) in [6.45, 7) is 8.02. The fraction of sp³-hybridized carbons (Fsp3) is 0.350. The van der Waals surface area contributed by atoms with Crippen LogP contribution in [0.5, 0.6) is 5.75 Å². The van der Waals surface area contributed by atoms with Crippen molar-refractivity contribution < 1.29 is 14.6 Å². The number of methoxy groups -OCH3 is 1. The van der Waals surface area contributed by atoms with Gasteiger partial charge < -0.3 is 9.84 Å². The first kappa shape index (κ1) is 17.9. The number of aromatic carboxylic acids is 1. The third-order valence-electron chi connectivity index (χ3n) is 4.55. The van der Waals surface area contributed by atoms with Crippen molar-refractivity contribution in [3.05, 3.63) is 46.4 Å². The maximum Gasteiger partial charge on any atom is 0.354 e. The largest absolute Gasteiger partial charge is 0.497 e. The first-order valence-electron chi connectivity index (χ1n) is 8.65. The fourth-order valence-corrected chi connectivity index (χ4v) is 3.46. The van der Waals surface area contributed by atoms with Crippen LogP contribution in [0.4, 0.5) is 0 Å². The molecule has 2 aromatic heterocycles. The summed E-state index contributed by atoms with van der Waals surface area (Å²) in [7, 11) is 1.65. The molecule has 0 radical (unpaired) electrons. The van der Waals surface area contributed by atoms with Gasteiger partial charge >= 0.3 is 5.97 Å². The second kappa shape index (κ2) is 6.78. The van der Waals surface area contributed by atoms with Gasteiger partial charge in [-0.2, -0.15) is 5.10 Å². The van der Waals surface area contributed by atoms with E-state index in [1.807, 2.05) is 32.9 Å². The van der Waals surface area contributed by atoms with Crippen molar-refractivity contribution in [1.82, 2.24) is 14.6 Å². The van der Waals surface area contributed by atoms with Gasteiger partial charge in [0, 0.05) is 5.69 Å². The van der Waals surface area contributed by atoms with E-state index in [1.165, 1.54) is 0 Å². The lowest BCUT2D eigenvalue weighted by atomic mass is 9.95. The molecule has 0 atom stereocenters. The van der Waals surface area contributed by atoms with Crippen molar-refractivity contribution >= 4 is 11.6 Å². The first-order chi connectivity index (χ1) is 12.4. The van der Waals surface area contributed by atoms with Crippen LogP contribution in [-0.4, -0.2) is 32.8 Å². The number of nitrogens with zero attached hydrogens (tertiary/aromatic N) is 3. The third kappa shape index (κ3) is 2.92. The van der Waals surface area contributed by atoms with E-state index >= 15 is 0 Å². The molecule has 1 N–H and O–H groups in total. The van der Waals surface area contributed by atoms with Crippen LogP contribution in [0.1, 0.15) is 46.3 Å². The van der Waals surface area contributed by atoms with Crippen LogP contribution >= 0.6 is 0 Å². The number of ether oxygens (including phenoxy) is 1. The summed E-state index contributed by atoms with van der Waals surface area (Å²) in [6.07, 6.45) is 1.63. The predicted molar refractivity (Wildman–Crippen MR) is 100 cm³/mol. The van der Waals surface area contributed by atoms with Crippen molar-refractivity contribution in [2.45, 2.75) is 40.5 Å². The molecule has 0 bridgehead atoms. The van der Waals surface area contributed by atoms with E-state index in [0.29, 0.717) is 5.65 Å². The zero-order valence-corrected chi connectivity index (χ0v) is 15.8. The number of fused-ring (bicyclic) bond motifs is 1. The van der Waals surface area contributed by atoms with Gasteiger partial charge in [0.05, 0.1) is 18.4 Å². The summed E-state index contributed by atoms with van der Waals surface area (Å²) in [5.41, 5.74) is 6.30. The lowest BCUT2D eigenvalue weighted by molar-refractivity contribution is 0.0690. The van der Waals surface area contributed by atoms with Gasteiger partial charge in [-0.05, 0) is 62.1 Å². The molecule has 0 spiro atoms. The highest BCUT2D eigenvalue weighted by Gasteiger charge is 2.21. The van der Waals surface area contributed by atoms with E-state index in [2.05, 4.69) is 17.0 Å². The highest BCUT2D eigenvalue weighted by molar-refractivity contribution is 5.89. The quantitative estimate of drug-likeness (QED) is 0.751. The number of benzene rings is 1. The SMILES string of the molecule is CCCc1cc(C(=O)O)nc2c(-c3c(C)cc(OC)cc3C)c(C)nn12. The van der Waals surface area contributed by atoms with Gasteiger partial charge in [0.1, 0.15) is 5.75 Å². The van der Waals surface area contributed by atoms with Crippen molar-refractivity contribution in [3.63, 3.8) is 0 Å². The Morgan fingerprint density at radius 2 is 1.81 bits per heavy atom. The Hall–Kier alpha value is -2.89. The zero-order chi connectivity index (χ0) is 19.0. The number of aromatic nitrogens is 3. The molecule has 3 aromatic rings. The number of carboxylic acid groups (broad SMARTS) is 1. The highest BCUT2D eigenvalue weighted by Crippen LogP contribution is 2.35. The molecule has 0 fully saturated rings. The second-order valence-electron chi connectivity index (χ2n) is 6.52. The van der Waals surface area contributed by atoms with Crippen LogP contribution in [0.25, 0.3) is 16.8 Å². The van der Waals surface area contributed by atoms with Crippen LogP contribution in [0.15, 0.2) is 18.2 Å². The fourth-order valence-electron chi connectivity index (χ4n) is 3.46. The summed E-state index contributed by atoms with van der Waals surface area (Å²) in [5, 5.41) is 14.1.